The molecular weight excluding hydrogens is 801 g/mol. The first-order valence-electron chi connectivity index (χ1n) is 23.9. The summed E-state index contributed by atoms with van der Waals surface area (Å²) in [5, 5.41) is 12.9. The Balaban J connectivity index is 0.960. The van der Waals surface area contributed by atoms with Gasteiger partial charge in [0, 0.05) is 49.0 Å². The molecule has 10 atom stereocenters. The number of aliphatic carboxylic acids is 1. The fraction of sp³-hybridized carbons (Fsp3) is 0.765. The number of amides is 1. The Labute approximate surface area is 371 Å². The molecule has 5 saturated carbocycles. The van der Waals surface area contributed by atoms with Crippen LogP contribution in [0.2, 0.25) is 0 Å². The fourth-order valence-corrected chi connectivity index (χ4v) is 16.9. The molecule has 1 aliphatic heterocycles. The first-order chi connectivity index (χ1) is 28.9. The Hall–Kier alpha value is -3.05. The highest BCUT2D eigenvalue weighted by Gasteiger charge is 2.70. The van der Waals surface area contributed by atoms with Crippen LogP contribution in [0.5, 0.6) is 0 Å². The van der Waals surface area contributed by atoms with Gasteiger partial charge in [0.25, 0.3) is 5.91 Å². The second-order valence-corrected chi connectivity index (χ2v) is 25.7. The van der Waals surface area contributed by atoms with Crippen molar-refractivity contribution in [2.75, 3.05) is 31.1 Å². The van der Waals surface area contributed by atoms with Gasteiger partial charge in [0.1, 0.15) is 6.10 Å². The van der Waals surface area contributed by atoms with Gasteiger partial charge >= 0.3 is 11.9 Å². The lowest BCUT2D eigenvalue weighted by atomic mass is 9.33. The number of rotatable bonds is 10. The van der Waals surface area contributed by atoms with Gasteiger partial charge in [-0.15, -0.1) is 0 Å². The maximum absolute atomic E-state index is 14.2. The highest BCUT2D eigenvalue weighted by atomic mass is 32.2. The predicted molar refractivity (Wildman–Crippen MR) is 240 cm³/mol. The van der Waals surface area contributed by atoms with Crippen LogP contribution in [0.15, 0.2) is 35.4 Å². The zero-order chi connectivity index (χ0) is 45.0. The molecule has 1 amide bonds. The Kier molecular flexibility index (Phi) is 11.4. The SMILES string of the molecule is CC(C)C1=C2[C@H]3CC[C@@H]4[C@@]5(C)CC[C@H](OC(=O)[C@H]6C[C@@H](C(=O)O)C6(C)C)C(C)(C)C5CC[C@@]4(C)[C@]3(C)CC[C@@]2(CCNC(=O)c2ccc(CN3CCS(=O)(=O)CC3)cc2)CC1=O. The third-order valence-corrected chi connectivity index (χ3v) is 21.2. The smallest absolute Gasteiger partial charge is 0.309 e. The van der Waals surface area contributed by atoms with Crippen LogP contribution in [0.3, 0.4) is 0 Å². The first-order valence-corrected chi connectivity index (χ1v) is 25.7. The predicted octanol–water partition coefficient (Wildman–Crippen LogP) is 8.68. The number of hydrogen-bond donors (Lipinski definition) is 2. The van der Waals surface area contributed by atoms with Gasteiger partial charge in [0.15, 0.2) is 15.6 Å². The monoisotopic (exact) mass is 875 g/mol. The summed E-state index contributed by atoms with van der Waals surface area (Å²) in [6, 6.07) is 7.65. The molecule has 1 heterocycles. The summed E-state index contributed by atoms with van der Waals surface area (Å²) in [4.78, 5) is 55.3. The van der Waals surface area contributed by atoms with Crippen molar-refractivity contribution in [1.82, 2.24) is 10.2 Å². The van der Waals surface area contributed by atoms with Gasteiger partial charge in [-0.1, -0.05) is 80.0 Å². The van der Waals surface area contributed by atoms with Crippen molar-refractivity contribution >= 4 is 33.5 Å². The van der Waals surface area contributed by atoms with Crippen LogP contribution in [-0.2, 0) is 35.5 Å². The molecule has 11 heteroatoms. The van der Waals surface area contributed by atoms with E-state index >= 15 is 0 Å². The van der Waals surface area contributed by atoms with E-state index in [2.05, 4.69) is 58.7 Å². The zero-order valence-corrected chi connectivity index (χ0v) is 39.8. The minimum absolute atomic E-state index is 0.0187. The Morgan fingerprint density at radius 2 is 1.52 bits per heavy atom. The van der Waals surface area contributed by atoms with Crippen molar-refractivity contribution in [3.8, 4) is 0 Å². The Morgan fingerprint density at radius 3 is 2.15 bits per heavy atom. The third kappa shape index (κ3) is 7.15. The molecule has 7 aliphatic rings. The van der Waals surface area contributed by atoms with Crippen molar-refractivity contribution in [3.63, 3.8) is 0 Å². The zero-order valence-electron chi connectivity index (χ0n) is 39.0. The number of benzene rings is 1. The van der Waals surface area contributed by atoms with E-state index in [9.17, 15) is 32.7 Å². The lowest BCUT2D eigenvalue weighted by Gasteiger charge is -2.72. The highest BCUT2D eigenvalue weighted by molar-refractivity contribution is 7.91. The third-order valence-electron chi connectivity index (χ3n) is 19.6. The average Bonchev–Trinajstić information content (AvgIpc) is 3.48. The van der Waals surface area contributed by atoms with Crippen molar-refractivity contribution in [3.05, 3.63) is 46.5 Å². The number of nitrogens with zero attached hydrogens (tertiary/aromatic N) is 1. The number of ketones is 1. The molecule has 1 saturated heterocycles. The number of nitrogens with one attached hydrogen (secondary N) is 1. The van der Waals surface area contributed by atoms with E-state index in [1.165, 1.54) is 5.57 Å². The summed E-state index contributed by atoms with van der Waals surface area (Å²) >= 11 is 0. The Bertz CT molecular complexity index is 2130. The molecular formula is C51H74N2O8S. The van der Waals surface area contributed by atoms with Crippen LogP contribution in [0.4, 0.5) is 0 Å². The molecule has 6 aliphatic carbocycles. The molecule has 10 nitrogen and oxygen atoms in total. The number of carbonyl (C=O) groups excluding carboxylic acids is 3. The summed E-state index contributed by atoms with van der Waals surface area (Å²) < 4.78 is 30.2. The summed E-state index contributed by atoms with van der Waals surface area (Å²) in [5.74, 6) is -0.0522. The molecule has 8 rings (SSSR count). The van der Waals surface area contributed by atoms with Gasteiger partial charge in [0.2, 0.25) is 0 Å². The molecule has 0 spiro atoms. The molecule has 62 heavy (non-hydrogen) atoms. The minimum Gasteiger partial charge on any atom is -0.481 e. The topological polar surface area (TPSA) is 147 Å². The van der Waals surface area contributed by atoms with Crippen molar-refractivity contribution < 1.29 is 37.4 Å². The van der Waals surface area contributed by atoms with Crippen molar-refractivity contribution in [2.45, 2.75) is 146 Å². The lowest BCUT2D eigenvalue weighted by molar-refractivity contribution is -0.236. The van der Waals surface area contributed by atoms with E-state index in [1.54, 1.807) is 0 Å². The van der Waals surface area contributed by atoms with Crippen molar-refractivity contribution in [2.24, 2.45) is 68.0 Å². The largest absolute Gasteiger partial charge is 0.481 e. The molecule has 1 unspecified atom stereocenters. The molecule has 1 aromatic rings. The van der Waals surface area contributed by atoms with Gasteiger partial charge < -0.3 is 15.2 Å². The lowest BCUT2D eigenvalue weighted by Crippen LogP contribution is -2.66. The van der Waals surface area contributed by atoms with Gasteiger partial charge in [-0.25, -0.2) is 8.42 Å². The molecule has 0 radical (unpaired) electrons. The van der Waals surface area contributed by atoms with Gasteiger partial charge in [-0.05, 0) is 133 Å². The van der Waals surface area contributed by atoms with Crippen LogP contribution in [0.25, 0.3) is 0 Å². The summed E-state index contributed by atoms with van der Waals surface area (Å²) in [6.45, 7) is 22.7. The maximum atomic E-state index is 14.2. The quantitative estimate of drug-likeness (QED) is 0.221. The number of sulfone groups is 1. The number of carboxylic acids is 1. The average molecular weight is 875 g/mol. The number of hydrogen-bond acceptors (Lipinski definition) is 8. The normalized spacial score (nSPS) is 39.4. The number of esters is 1. The Morgan fingerprint density at radius 1 is 0.839 bits per heavy atom. The number of fused-ring (bicyclic) bond motifs is 7. The first kappa shape index (κ1) is 45.5. The van der Waals surface area contributed by atoms with E-state index in [1.807, 2.05) is 38.1 Å². The van der Waals surface area contributed by atoms with Crippen LogP contribution < -0.4 is 5.32 Å². The van der Waals surface area contributed by atoms with E-state index in [0.29, 0.717) is 68.1 Å². The maximum Gasteiger partial charge on any atom is 0.309 e. The molecule has 342 valence electrons. The summed E-state index contributed by atoms with van der Waals surface area (Å²) in [7, 11) is -2.94. The summed E-state index contributed by atoms with van der Waals surface area (Å²) in [5.41, 5.74) is 3.22. The standard InChI is InChI=1S/C51H74N2O8S/c1-31(2)41-37(54)29-51(22-23-52-43(55)33-12-10-32(11-13-33)30-53-24-26-62(59,60)27-25-53)21-20-49(8)34(42(41)51)14-15-39-48(7)18-17-40(47(5,6)38(48)16-19-50(39,49)9)61-45(58)36-28-35(44(56)57)46(36,3)4/h10-13,31,34-36,38-40H,14-30H2,1-9H3,(H,52,55)(H,56,57)/t34-,35+,36-,38?,39-,40+,48+,49-,50-,51-/m1/s1. The van der Waals surface area contributed by atoms with E-state index in [0.717, 1.165) is 68.9 Å². The van der Waals surface area contributed by atoms with E-state index < -0.39 is 27.1 Å². The number of allylic oxidation sites excluding steroid dienone is 2. The molecule has 0 bridgehead atoms. The van der Waals surface area contributed by atoms with Gasteiger partial charge in [0.05, 0.1) is 23.3 Å². The number of carbonyl (C=O) groups is 4. The summed E-state index contributed by atoms with van der Waals surface area (Å²) in [6.07, 6.45) is 9.61. The fourth-order valence-electron chi connectivity index (χ4n) is 15.6. The number of carboxylic acid groups (broad SMARTS) is 1. The van der Waals surface area contributed by atoms with Crippen LogP contribution in [-0.4, -0.2) is 79.3 Å². The minimum atomic E-state index is -2.94. The second-order valence-electron chi connectivity index (χ2n) is 23.4. The second kappa shape index (κ2) is 15.5. The van der Waals surface area contributed by atoms with Crippen LogP contribution in [0, 0.1) is 68.0 Å². The highest BCUT2D eigenvalue weighted by Crippen LogP contribution is 2.77. The van der Waals surface area contributed by atoms with Crippen LogP contribution >= 0.6 is 0 Å². The van der Waals surface area contributed by atoms with Gasteiger partial charge in [-0.3, -0.25) is 24.1 Å². The molecule has 6 fully saturated rings. The van der Waals surface area contributed by atoms with E-state index in [4.69, 9.17) is 4.74 Å². The van der Waals surface area contributed by atoms with E-state index in [-0.39, 0.29) is 68.4 Å². The number of Topliss-reactive ketones (excluding diaryl/α,β-unsaturated/α-hetero) is 1. The molecule has 2 N–H and O–H groups in total. The number of ether oxygens (including phenoxy) is 1. The molecule has 1 aromatic carbocycles. The van der Waals surface area contributed by atoms with Crippen molar-refractivity contribution in [1.29, 1.82) is 0 Å². The van der Waals surface area contributed by atoms with Crippen LogP contribution in [0.1, 0.15) is 149 Å². The van der Waals surface area contributed by atoms with Gasteiger partial charge in [-0.2, -0.15) is 0 Å². The molecule has 0 aromatic heterocycles.